The van der Waals surface area contributed by atoms with Gasteiger partial charge in [-0.3, -0.25) is 4.79 Å². The van der Waals surface area contributed by atoms with E-state index in [4.69, 9.17) is 4.74 Å². The molecule has 0 radical (unpaired) electrons. The number of hydrogen-bond donors (Lipinski definition) is 1. The van der Waals surface area contributed by atoms with Crippen molar-refractivity contribution in [2.24, 2.45) is 0 Å². The minimum atomic E-state index is -1.04. The molecular weight excluding hydrogens is 340 g/mol. The highest BCUT2D eigenvalue weighted by molar-refractivity contribution is 9.10. The normalized spacial score (nSPS) is 21.4. The highest BCUT2D eigenvalue weighted by Gasteiger charge is 2.35. The summed E-state index contributed by atoms with van der Waals surface area (Å²) >= 11 is 3.33. The van der Waals surface area contributed by atoms with Gasteiger partial charge in [0.15, 0.2) is 0 Å². The average Bonchev–Trinajstić information content (AvgIpc) is 2.98. The molecule has 0 aromatic carbocycles. The lowest BCUT2D eigenvalue weighted by Gasteiger charge is -2.24. The molecule has 7 heteroatoms. The molecule has 0 aliphatic carbocycles. The predicted octanol–water partition coefficient (Wildman–Crippen LogP) is 2.10. The van der Waals surface area contributed by atoms with Gasteiger partial charge in [0.25, 0.3) is 5.91 Å². The van der Waals surface area contributed by atoms with E-state index in [-0.39, 0.29) is 24.1 Å². The molecule has 1 aromatic heterocycles. The summed E-state index contributed by atoms with van der Waals surface area (Å²) in [7, 11) is 0. The molecule has 3 rings (SSSR count). The summed E-state index contributed by atoms with van der Waals surface area (Å²) in [4.78, 5) is 26.1. The topological polar surface area (TPSA) is 71.8 Å². The maximum absolute atomic E-state index is 12.8. The van der Waals surface area contributed by atoms with Gasteiger partial charge in [-0.15, -0.1) is 0 Å². The van der Waals surface area contributed by atoms with Crippen molar-refractivity contribution in [2.45, 2.75) is 39.0 Å². The van der Waals surface area contributed by atoms with Crippen molar-refractivity contribution < 1.29 is 19.4 Å². The molecule has 0 spiro atoms. The molecule has 1 aromatic rings. The minimum Gasteiger partial charge on any atom is -0.478 e. The van der Waals surface area contributed by atoms with Gasteiger partial charge in [0.05, 0.1) is 28.9 Å². The van der Waals surface area contributed by atoms with Crippen LogP contribution in [0, 0.1) is 0 Å². The van der Waals surface area contributed by atoms with Gasteiger partial charge in [0.1, 0.15) is 5.69 Å². The van der Waals surface area contributed by atoms with Crippen molar-refractivity contribution >= 4 is 27.8 Å². The van der Waals surface area contributed by atoms with Crippen molar-refractivity contribution in [1.29, 1.82) is 0 Å². The number of hydrogen-bond acceptors (Lipinski definition) is 3. The second kappa shape index (κ2) is 5.46. The second-order valence-electron chi connectivity index (χ2n) is 5.48. The number of aromatic nitrogens is 1. The highest BCUT2D eigenvalue weighted by atomic mass is 79.9. The third-order valence-electron chi connectivity index (χ3n) is 4.24. The summed E-state index contributed by atoms with van der Waals surface area (Å²) in [6.07, 6.45) is 1.98. The molecule has 21 heavy (non-hydrogen) atoms. The number of ether oxygens (including phenoxy) is 1. The van der Waals surface area contributed by atoms with Gasteiger partial charge in [-0.05, 0) is 35.7 Å². The maximum Gasteiger partial charge on any atom is 0.338 e. The largest absolute Gasteiger partial charge is 0.478 e. The van der Waals surface area contributed by atoms with Crippen molar-refractivity contribution in [3.63, 3.8) is 0 Å². The zero-order valence-electron chi connectivity index (χ0n) is 11.8. The number of carbonyl (C=O) groups is 2. The Bertz CT molecular complexity index is 611. The van der Waals surface area contributed by atoms with E-state index in [1.165, 1.54) is 0 Å². The smallest absolute Gasteiger partial charge is 0.338 e. The zero-order chi connectivity index (χ0) is 15.1. The molecule has 0 unspecified atom stereocenters. The fourth-order valence-electron chi connectivity index (χ4n) is 3.15. The molecule has 114 valence electrons. The lowest BCUT2D eigenvalue weighted by molar-refractivity contribution is 0.0640. The van der Waals surface area contributed by atoms with Crippen LogP contribution < -0.4 is 0 Å². The number of nitrogens with zero attached hydrogens (tertiary/aromatic N) is 2. The number of rotatable bonds is 2. The molecule has 1 saturated heterocycles. The number of carboxylic acid groups (broad SMARTS) is 1. The first-order valence-electron chi connectivity index (χ1n) is 7.05. The fraction of sp³-hybridized carbons (Fsp3) is 0.571. The number of amides is 1. The van der Waals surface area contributed by atoms with Crippen LogP contribution in [0.15, 0.2) is 4.47 Å². The van der Waals surface area contributed by atoms with Crippen LogP contribution in [0.1, 0.15) is 46.3 Å². The molecule has 2 aliphatic rings. The number of aromatic carboxylic acids is 1. The summed E-state index contributed by atoms with van der Waals surface area (Å²) in [5.74, 6) is -1.13. The first kappa shape index (κ1) is 14.6. The van der Waals surface area contributed by atoms with E-state index in [9.17, 15) is 14.7 Å². The number of likely N-dealkylation sites (tertiary alicyclic amines) is 1. The molecule has 1 N–H and O–H groups in total. The van der Waals surface area contributed by atoms with Crippen LogP contribution in [-0.2, 0) is 17.9 Å². The third-order valence-corrected chi connectivity index (χ3v) is 5.01. The van der Waals surface area contributed by atoms with Crippen LogP contribution in [0.2, 0.25) is 0 Å². The van der Waals surface area contributed by atoms with Gasteiger partial charge < -0.3 is 19.3 Å². The second-order valence-corrected chi connectivity index (χ2v) is 6.28. The van der Waals surface area contributed by atoms with Crippen LogP contribution in [0.5, 0.6) is 0 Å². The molecule has 3 heterocycles. The fourth-order valence-corrected chi connectivity index (χ4v) is 3.93. The van der Waals surface area contributed by atoms with Gasteiger partial charge in [-0.2, -0.15) is 0 Å². The standard InChI is InChI=1S/C14H17BrN2O4/c1-8-3-2-4-16(8)13(18)12-11(15)10(14(19)20)9-7-21-6-5-17(9)12/h8H,2-7H2,1H3,(H,19,20)/t8-/m0/s1. The van der Waals surface area contributed by atoms with E-state index in [1.807, 2.05) is 11.8 Å². The van der Waals surface area contributed by atoms with Crippen LogP contribution in [0.4, 0.5) is 0 Å². The number of halogens is 1. The van der Waals surface area contributed by atoms with Crippen molar-refractivity contribution in [1.82, 2.24) is 9.47 Å². The molecule has 0 bridgehead atoms. The van der Waals surface area contributed by atoms with Crippen molar-refractivity contribution in [3.05, 3.63) is 21.4 Å². The molecule has 2 aliphatic heterocycles. The number of fused-ring (bicyclic) bond motifs is 1. The van der Waals surface area contributed by atoms with E-state index >= 15 is 0 Å². The first-order valence-corrected chi connectivity index (χ1v) is 7.84. The predicted molar refractivity (Wildman–Crippen MR) is 78.5 cm³/mol. The average molecular weight is 357 g/mol. The van der Waals surface area contributed by atoms with Crippen LogP contribution >= 0.6 is 15.9 Å². The van der Waals surface area contributed by atoms with Gasteiger partial charge in [-0.25, -0.2) is 4.79 Å². The Balaban J connectivity index is 2.09. The van der Waals surface area contributed by atoms with Gasteiger partial charge in [0.2, 0.25) is 0 Å². The molecule has 0 saturated carbocycles. The number of carbonyl (C=O) groups excluding carboxylic acids is 1. The summed E-state index contributed by atoms with van der Waals surface area (Å²) < 4.78 is 7.52. The molecule has 1 amide bonds. The number of carboxylic acids is 1. The molecular formula is C14H17BrN2O4. The van der Waals surface area contributed by atoms with E-state index in [0.717, 1.165) is 19.4 Å². The lowest BCUT2D eigenvalue weighted by atomic mass is 10.2. The van der Waals surface area contributed by atoms with E-state index < -0.39 is 5.97 Å². The monoisotopic (exact) mass is 356 g/mol. The quantitative estimate of drug-likeness (QED) is 0.880. The van der Waals surface area contributed by atoms with Crippen LogP contribution in [0.3, 0.4) is 0 Å². The van der Waals surface area contributed by atoms with E-state index in [1.54, 1.807) is 4.57 Å². The van der Waals surface area contributed by atoms with Crippen LogP contribution in [0.25, 0.3) is 0 Å². The first-order chi connectivity index (χ1) is 10.0. The minimum absolute atomic E-state index is 0.0949. The third kappa shape index (κ3) is 2.28. The van der Waals surface area contributed by atoms with E-state index in [0.29, 0.717) is 29.0 Å². The Kier molecular flexibility index (Phi) is 3.79. The lowest BCUT2D eigenvalue weighted by Crippen LogP contribution is -2.36. The maximum atomic E-state index is 12.8. The van der Waals surface area contributed by atoms with Crippen LogP contribution in [-0.4, -0.2) is 45.6 Å². The summed E-state index contributed by atoms with van der Waals surface area (Å²) in [5, 5.41) is 9.41. The van der Waals surface area contributed by atoms with Gasteiger partial charge in [0, 0.05) is 19.1 Å². The van der Waals surface area contributed by atoms with Gasteiger partial charge in [-0.1, -0.05) is 0 Å². The summed E-state index contributed by atoms with van der Waals surface area (Å²) in [6, 6.07) is 0.198. The Morgan fingerprint density at radius 2 is 2.14 bits per heavy atom. The summed E-state index contributed by atoms with van der Waals surface area (Å²) in [6.45, 7) is 3.97. The zero-order valence-corrected chi connectivity index (χ0v) is 13.4. The van der Waals surface area contributed by atoms with Gasteiger partial charge >= 0.3 is 5.97 Å². The SMILES string of the molecule is C[C@H]1CCCN1C(=O)c1c(Br)c(C(=O)O)c2n1CCOC2. The Morgan fingerprint density at radius 3 is 2.76 bits per heavy atom. The molecule has 1 fully saturated rings. The molecule has 1 atom stereocenters. The Labute approximate surface area is 130 Å². The van der Waals surface area contributed by atoms with E-state index in [2.05, 4.69) is 15.9 Å². The molecule has 6 nitrogen and oxygen atoms in total. The van der Waals surface area contributed by atoms with Crippen molar-refractivity contribution in [3.8, 4) is 0 Å². The Hall–Kier alpha value is -1.34. The summed E-state index contributed by atoms with van der Waals surface area (Å²) in [5.41, 5.74) is 1.15. The highest BCUT2D eigenvalue weighted by Crippen LogP contribution is 2.33. The Morgan fingerprint density at radius 1 is 1.38 bits per heavy atom. The van der Waals surface area contributed by atoms with Crippen molar-refractivity contribution in [2.75, 3.05) is 13.2 Å².